The van der Waals surface area contributed by atoms with Crippen molar-refractivity contribution in [3.63, 3.8) is 0 Å². The summed E-state index contributed by atoms with van der Waals surface area (Å²) in [5, 5.41) is 9.74. The first-order chi connectivity index (χ1) is 6.86. The topological polar surface area (TPSA) is 33.1 Å². The molecule has 1 aliphatic carbocycles. The summed E-state index contributed by atoms with van der Waals surface area (Å²) in [4.78, 5) is 4.30. The quantitative estimate of drug-likeness (QED) is 0.620. The Balaban J connectivity index is 0.000000853. The van der Waals surface area contributed by atoms with Gasteiger partial charge in [0.2, 0.25) is 0 Å². The minimum absolute atomic E-state index is 0. The molecule has 0 fully saturated rings. The molecule has 0 saturated carbocycles. The fourth-order valence-corrected chi connectivity index (χ4v) is 2.02. The zero-order valence-electron chi connectivity index (χ0n) is 8.27. The fraction of sp³-hybridized carbons (Fsp3) is 0.0833. The van der Waals surface area contributed by atoms with E-state index in [9.17, 15) is 5.11 Å². The number of rotatable bonds is 0. The third-order valence-corrected chi connectivity index (χ3v) is 2.64. The predicted molar refractivity (Wildman–Crippen MR) is 54.1 cm³/mol. The molecule has 15 heavy (non-hydrogen) atoms. The maximum Gasteiger partial charge on any atom is 0.125 e. The maximum atomic E-state index is 9.74. The number of fused-ring (bicyclic) bond motifs is 3. The van der Waals surface area contributed by atoms with Gasteiger partial charge < -0.3 is 5.11 Å². The van der Waals surface area contributed by atoms with Crippen LogP contribution in [-0.4, -0.2) is 10.1 Å². The van der Waals surface area contributed by atoms with Gasteiger partial charge in [0.25, 0.3) is 0 Å². The molecule has 1 N–H and O–H groups in total. The Morgan fingerprint density at radius 2 is 1.87 bits per heavy atom. The number of nitrogens with zero attached hydrogens (tertiary/aromatic N) is 1. The molecule has 0 unspecified atom stereocenters. The average molecular weight is 249 g/mol. The number of hydrogen-bond acceptors (Lipinski definition) is 2. The van der Waals surface area contributed by atoms with Crippen molar-refractivity contribution in [2.45, 2.75) is 6.42 Å². The first kappa shape index (κ1) is 10.3. The summed E-state index contributed by atoms with van der Waals surface area (Å²) in [5.41, 5.74) is 4.20. The van der Waals surface area contributed by atoms with Crippen molar-refractivity contribution in [2.24, 2.45) is 0 Å². The van der Waals surface area contributed by atoms with Crippen LogP contribution >= 0.6 is 0 Å². The van der Waals surface area contributed by atoms with Crippen LogP contribution in [0.3, 0.4) is 0 Å². The van der Waals surface area contributed by atoms with Gasteiger partial charge in [-0.05, 0) is 23.3 Å². The van der Waals surface area contributed by atoms with E-state index in [4.69, 9.17) is 0 Å². The molecule has 3 rings (SSSR count). The van der Waals surface area contributed by atoms with Crippen molar-refractivity contribution >= 4 is 0 Å². The van der Waals surface area contributed by atoms with Crippen LogP contribution in [0.1, 0.15) is 11.1 Å². The van der Waals surface area contributed by atoms with Gasteiger partial charge in [-0.1, -0.05) is 18.2 Å². The second-order valence-corrected chi connectivity index (χ2v) is 3.50. The Labute approximate surface area is 101 Å². The molecule has 1 aromatic carbocycles. The number of hydrogen-bond donors (Lipinski definition) is 1. The van der Waals surface area contributed by atoms with Crippen molar-refractivity contribution in [3.05, 3.63) is 47.7 Å². The molecule has 3 heteroatoms. The van der Waals surface area contributed by atoms with Crippen molar-refractivity contribution < 1.29 is 24.6 Å². The first-order valence-electron chi connectivity index (χ1n) is 4.61. The van der Waals surface area contributed by atoms with Crippen LogP contribution in [0.2, 0.25) is 0 Å². The predicted octanol–water partition coefficient (Wildman–Crippen LogP) is 2.36. The first-order valence-corrected chi connectivity index (χ1v) is 4.61. The summed E-state index contributed by atoms with van der Waals surface area (Å²) in [6.07, 6.45) is 2.65. The van der Waals surface area contributed by atoms with Gasteiger partial charge in [0.05, 0.1) is 5.69 Å². The van der Waals surface area contributed by atoms with Gasteiger partial charge in [-0.3, -0.25) is 4.98 Å². The zero-order valence-corrected chi connectivity index (χ0v) is 11.2. The molecule has 1 aliphatic rings. The van der Waals surface area contributed by atoms with Gasteiger partial charge in [0, 0.05) is 37.7 Å². The summed E-state index contributed by atoms with van der Waals surface area (Å²) in [6, 6.07) is 9.61. The minimum Gasteiger partial charge on any atom is -0.507 e. The van der Waals surface area contributed by atoms with Crippen LogP contribution in [0.25, 0.3) is 11.3 Å². The number of benzene rings is 1. The Kier molecular flexibility index (Phi) is 2.58. The molecular formula is C12H9NOZn. The summed E-state index contributed by atoms with van der Waals surface area (Å²) >= 11 is 0. The van der Waals surface area contributed by atoms with Crippen LogP contribution in [0.4, 0.5) is 0 Å². The largest absolute Gasteiger partial charge is 0.507 e. The van der Waals surface area contributed by atoms with E-state index in [0.29, 0.717) is 5.75 Å². The molecule has 0 amide bonds. The fourth-order valence-electron chi connectivity index (χ4n) is 2.02. The Hall–Kier alpha value is -1.21. The molecule has 0 spiro atoms. The van der Waals surface area contributed by atoms with Gasteiger partial charge >= 0.3 is 0 Å². The number of phenolic OH excluding ortho intramolecular Hbond substituents is 1. The van der Waals surface area contributed by atoms with Crippen molar-refractivity contribution in [1.82, 2.24) is 4.98 Å². The molecule has 0 bridgehead atoms. The monoisotopic (exact) mass is 247 g/mol. The van der Waals surface area contributed by atoms with Gasteiger partial charge in [-0.15, -0.1) is 0 Å². The second kappa shape index (κ2) is 3.75. The standard InChI is InChI=1S/C12H9NO.Zn/c14-10-5-1-3-8-7-9-4-2-6-13-12(9)11(8)10;/h1-6,14H,7H2;. The van der Waals surface area contributed by atoms with Crippen LogP contribution in [0.15, 0.2) is 36.5 Å². The molecular weight excluding hydrogens is 240 g/mol. The van der Waals surface area contributed by atoms with Crippen LogP contribution in [0, 0.1) is 0 Å². The molecule has 1 heterocycles. The average Bonchev–Trinajstić information content (AvgIpc) is 2.57. The van der Waals surface area contributed by atoms with Gasteiger partial charge in [0.1, 0.15) is 5.75 Å². The molecule has 0 radical (unpaired) electrons. The summed E-state index contributed by atoms with van der Waals surface area (Å²) in [6.45, 7) is 0. The molecule has 1 aromatic heterocycles. The van der Waals surface area contributed by atoms with E-state index in [1.807, 2.05) is 18.2 Å². The Morgan fingerprint density at radius 1 is 1.07 bits per heavy atom. The molecule has 2 nitrogen and oxygen atoms in total. The van der Waals surface area contributed by atoms with E-state index in [0.717, 1.165) is 17.7 Å². The van der Waals surface area contributed by atoms with Gasteiger partial charge in [-0.2, -0.15) is 0 Å². The smallest absolute Gasteiger partial charge is 0.125 e. The van der Waals surface area contributed by atoms with Crippen molar-refractivity contribution in [2.75, 3.05) is 0 Å². The maximum absolute atomic E-state index is 9.74. The number of phenols is 1. The van der Waals surface area contributed by atoms with Crippen molar-refractivity contribution in [3.8, 4) is 17.0 Å². The molecule has 0 aliphatic heterocycles. The van der Waals surface area contributed by atoms with E-state index in [-0.39, 0.29) is 19.5 Å². The van der Waals surface area contributed by atoms with Gasteiger partial charge in [-0.25, -0.2) is 0 Å². The zero-order chi connectivity index (χ0) is 9.54. The Morgan fingerprint density at radius 3 is 2.73 bits per heavy atom. The minimum atomic E-state index is 0. The molecule has 0 saturated heterocycles. The summed E-state index contributed by atoms with van der Waals surface area (Å²) in [5.74, 6) is 0.333. The van der Waals surface area contributed by atoms with E-state index < -0.39 is 0 Å². The van der Waals surface area contributed by atoms with Crippen LogP contribution in [0.5, 0.6) is 5.75 Å². The van der Waals surface area contributed by atoms with E-state index >= 15 is 0 Å². The van der Waals surface area contributed by atoms with E-state index in [2.05, 4.69) is 11.1 Å². The van der Waals surface area contributed by atoms with E-state index in [1.165, 1.54) is 11.1 Å². The summed E-state index contributed by atoms with van der Waals surface area (Å²) in [7, 11) is 0. The van der Waals surface area contributed by atoms with Gasteiger partial charge in [0.15, 0.2) is 0 Å². The van der Waals surface area contributed by atoms with Crippen LogP contribution < -0.4 is 0 Å². The summed E-state index contributed by atoms with van der Waals surface area (Å²) < 4.78 is 0. The number of pyridine rings is 1. The molecule has 70 valence electrons. The second-order valence-electron chi connectivity index (χ2n) is 3.50. The molecule has 2 aromatic rings. The van der Waals surface area contributed by atoms with E-state index in [1.54, 1.807) is 12.3 Å². The number of aromatic hydroxyl groups is 1. The number of aromatic nitrogens is 1. The van der Waals surface area contributed by atoms with Crippen LogP contribution in [-0.2, 0) is 25.9 Å². The van der Waals surface area contributed by atoms with Crippen molar-refractivity contribution in [1.29, 1.82) is 0 Å². The third-order valence-electron chi connectivity index (χ3n) is 2.64. The normalized spacial score (nSPS) is 11.5. The SMILES string of the molecule is Oc1cccc2c1-c1ncccc1C2.[Zn]. The Bertz CT molecular complexity index is 511. The third kappa shape index (κ3) is 1.47. The molecule has 0 atom stereocenters.